The van der Waals surface area contributed by atoms with Gasteiger partial charge in [-0.25, -0.2) is 0 Å². The van der Waals surface area contributed by atoms with E-state index in [2.05, 4.69) is 10.3 Å². The molecule has 0 saturated carbocycles. The highest BCUT2D eigenvalue weighted by atomic mass is 32.1. The van der Waals surface area contributed by atoms with Gasteiger partial charge in [-0.2, -0.15) is 0 Å². The maximum absolute atomic E-state index is 9.41. The first-order valence-electron chi connectivity index (χ1n) is 5.30. The molecular weight excluding hydrogens is 210 g/mol. The number of hydrogen-bond acceptors (Lipinski definition) is 4. The average molecular weight is 227 g/mol. The summed E-state index contributed by atoms with van der Waals surface area (Å²) in [5.74, 6) is 0.992. The molecule has 1 fully saturated rings. The molecule has 15 heavy (non-hydrogen) atoms. The molecule has 4 heteroatoms. The van der Waals surface area contributed by atoms with Crippen LogP contribution < -0.4 is 4.74 Å². The Kier molecular flexibility index (Phi) is 3.61. The third-order valence-corrected chi connectivity index (χ3v) is 3.74. The summed E-state index contributed by atoms with van der Waals surface area (Å²) in [6.45, 7) is 2.93. The number of piperidine rings is 1. The standard InChI is InChI=1S/C11H17NO2S/c1-14-10-4-7-15-11(10)8-12-5-2-9(13)3-6-12/h4,7,9,13H,2-3,5-6,8H2,1H3. The molecule has 0 spiro atoms. The van der Waals surface area contributed by atoms with Gasteiger partial charge < -0.3 is 9.84 Å². The first-order chi connectivity index (χ1) is 7.29. The highest BCUT2D eigenvalue weighted by Gasteiger charge is 2.18. The van der Waals surface area contributed by atoms with Crippen LogP contribution in [-0.4, -0.2) is 36.3 Å². The lowest BCUT2D eigenvalue weighted by atomic mass is 10.1. The number of likely N-dealkylation sites (tertiary alicyclic amines) is 1. The Morgan fingerprint density at radius 1 is 1.53 bits per heavy atom. The van der Waals surface area contributed by atoms with Crippen LogP contribution in [0.3, 0.4) is 0 Å². The Balaban J connectivity index is 1.91. The molecule has 1 saturated heterocycles. The Hall–Kier alpha value is -0.580. The maximum Gasteiger partial charge on any atom is 0.134 e. The van der Waals surface area contributed by atoms with Crippen LogP contribution in [0.2, 0.25) is 0 Å². The van der Waals surface area contributed by atoms with Crippen molar-refractivity contribution >= 4 is 11.3 Å². The first kappa shape index (κ1) is 10.9. The Bertz CT molecular complexity index is 305. The molecule has 1 N–H and O–H groups in total. The SMILES string of the molecule is COc1ccsc1CN1CCC(O)CC1. The quantitative estimate of drug-likeness (QED) is 0.853. The van der Waals surface area contributed by atoms with Crippen molar-refractivity contribution in [2.24, 2.45) is 0 Å². The summed E-state index contributed by atoms with van der Waals surface area (Å²) in [4.78, 5) is 3.66. The number of aliphatic hydroxyl groups is 1. The van der Waals surface area contributed by atoms with Gasteiger partial charge in [0.2, 0.25) is 0 Å². The lowest BCUT2D eigenvalue weighted by Crippen LogP contribution is -2.35. The van der Waals surface area contributed by atoms with Crippen LogP contribution in [-0.2, 0) is 6.54 Å². The van der Waals surface area contributed by atoms with Crippen LogP contribution in [0.1, 0.15) is 17.7 Å². The summed E-state index contributed by atoms with van der Waals surface area (Å²) in [7, 11) is 1.71. The van der Waals surface area contributed by atoms with E-state index in [0.717, 1.165) is 38.2 Å². The van der Waals surface area contributed by atoms with E-state index < -0.39 is 0 Å². The third-order valence-electron chi connectivity index (χ3n) is 2.85. The second-order valence-corrected chi connectivity index (χ2v) is 4.92. The molecule has 2 heterocycles. The van der Waals surface area contributed by atoms with Gasteiger partial charge in [0.15, 0.2) is 0 Å². The van der Waals surface area contributed by atoms with Crippen LogP contribution in [0, 0.1) is 0 Å². The van der Waals surface area contributed by atoms with Crippen LogP contribution in [0.25, 0.3) is 0 Å². The van der Waals surface area contributed by atoms with E-state index in [1.54, 1.807) is 18.4 Å². The van der Waals surface area contributed by atoms with Gasteiger partial charge >= 0.3 is 0 Å². The van der Waals surface area contributed by atoms with Crippen molar-refractivity contribution in [3.8, 4) is 5.75 Å². The number of methoxy groups -OCH3 is 1. The zero-order valence-corrected chi connectivity index (χ0v) is 9.80. The van der Waals surface area contributed by atoms with Crippen molar-refractivity contribution in [1.29, 1.82) is 0 Å². The van der Waals surface area contributed by atoms with E-state index in [4.69, 9.17) is 4.74 Å². The van der Waals surface area contributed by atoms with Gasteiger partial charge in [0.1, 0.15) is 5.75 Å². The fraction of sp³-hybridized carbons (Fsp3) is 0.636. The second-order valence-electron chi connectivity index (χ2n) is 3.92. The van der Waals surface area contributed by atoms with Crippen LogP contribution in [0.15, 0.2) is 11.4 Å². The van der Waals surface area contributed by atoms with Gasteiger partial charge in [-0.05, 0) is 24.3 Å². The van der Waals surface area contributed by atoms with E-state index in [-0.39, 0.29) is 6.10 Å². The van der Waals surface area contributed by atoms with Crippen molar-refractivity contribution in [1.82, 2.24) is 4.90 Å². The number of aliphatic hydroxyl groups excluding tert-OH is 1. The molecule has 0 unspecified atom stereocenters. The minimum absolute atomic E-state index is 0.0912. The number of thiophene rings is 1. The zero-order valence-electron chi connectivity index (χ0n) is 8.98. The molecule has 2 rings (SSSR count). The zero-order chi connectivity index (χ0) is 10.7. The predicted octanol–water partition coefficient (Wildman–Crippen LogP) is 1.71. The molecule has 1 aliphatic heterocycles. The molecule has 1 aliphatic rings. The molecule has 3 nitrogen and oxygen atoms in total. The normalized spacial score (nSPS) is 19.3. The van der Waals surface area contributed by atoms with Gasteiger partial charge in [-0.15, -0.1) is 11.3 Å². The summed E-state index contributed by atoms with van der Waals surface area (Å²) in [6, 6.07) is 2.01. The molecule has 84 valence electrons. The van der Waals surface area contributed by atoms with E-state index in [0.29, 0.717) is 0 Å². The number of rotatable bonds is 3. The third kappa shape index (κ3) is 2.71. The van der Waals surface area contributed by atoms with Gasteiger partial charge in [0, 0.05) is 19.6 Å². The number of ether oxygens (including phenoxy) is 1. The Morgan fingerprint density at radius 2 is 2.27 bits per heavy atom. The monoisotopic (exact) mass is 227 g/mol. The largest absolute Gasteiger partial charge is 0.496 e. The first-order valence-corrected chi connectivity index (χ1v) is 6.18. The average Bonchev–Trinajstić information content (AvgIpc) is 2.69. The van der Waals surface area contributed by atoms with Crippen LogP contribution in [0.5, 0.6) is 5.75 Å². The summed E-state index contributed by atoms with van der Waals surface area (Å²) in [5, 5.41) is 11.5. The van der Waals surface area contributed by atoms with Crippen molar-refractivity contribution in [3.63, 3.8) is 0 Å². The fourth-order valence-corrected chi connectivity index (χ4v) is 2.79. The highest BCUT2D eigenvalue weighted by Crippen LogP contribution is 2.26. The van der Waals surface area contributed by atoms with E-state index in [9.17, 15) is 5.11 Å². The molecule has 1 aromatic heterocycles. The minimum Gasteiger partial charge on any atom is -0.496 e. The fourth-order valence-electron chi connectivity index (χ4n) is 1.91. The van der Waals surface area contributed by atoms with Crippen molar-refractivity contribution in [2.45, 2.75) is 25.5 Å². The number of nitrogens with zero attached hydrogens (tertiary/aromatic N) is 1. The Labute approximate surface area is 94.3 Å². The molecule has 0 amide bonds. The summed E-state index contributed by atoms with van der Waals surface area (Å²) in [5.41, 5.74) is 0. The second kappa shape index (κ2) is 4.96. The van der Waals surface area contributed by atoms with E-state index in [1.165, 1.54) is 4.88 Å². The van der Waals surface area contributed by atoms with E-state index in [1.807, 2.05) is 6.07 Å². The lowest BCUT2D eigenvalue weighted by molar-refractivity contribution is 0.0794. The van der Waals surface area contributed by atoms with Crippen LogP contribution >= 0.6 is 11.3 Å². The van der Waals surface area contributed by atoms with E-state index >= 15 is 0 Å². The summed E-state index contributed by atoms with van der Waals surface area (Å²) < 4.78 is 5.28. The Morgan fingerprint density at radius 3 is 2.93 bits per heavy atom. The summed E-state index contributed by atoms with van der Waals surface area (Å²) in [6.07, 6.45) is 1.70. The minimum atomic E-state index is -0.0912. The number of hydrogen-bond donors (Lipinski definition) is 1. The molecule has 0 aromatic carbocycles. The van der Waals surface area contributed by atoms with Gasteiger partial charge in [0.05, 0.1) is 18.1 Å². The van der Waals surface area contributed by atoms with Gasteiger partial charge in [-0.3, -0.25) is 4.90 Å². The van der Waals surface area contributed by atoms with Gasteiger partial charge in [0.25, 0.3) is 0 Å². The van der Waals surface area contributed by atoms with Crippen molar-refractivity contribution in [3.05, 3.63) is 16.3 Å². The van der Waals surface area contributed by atoms with Crippen molar-refractivity contribution in [2.75, 3.05) is 20.2 Å². The molecule has 0 aliphatic carbocycles. The van der Waals surface area contributed by atoms with Gasteiger partial charge in [-0.1, -0.05) is 0 Å². The van der Waals surface area contributed by atoms with Crippen LogP contribution in [0.4, 0.5) is 0 Å². The topological polar surface area (TPSA) is 32.7 Å². The molecule has 0 bridgehead atoms. The molecule has 1 aromatic rings. The summed E-state index contributed by atoms with van der Waals surface area (Å²) >= 11 is 1.74. The smallest absolute Gasteiger partial charge is 0.134 e. The van der Waals surface area contributed by atoms with Crippen molar-refractivity contribution < 1.29 is 9.84 Å². The molecule has 0 radical (unpaired) electrons. The molecular formula is C11H17NO2S. The predicted molar refractivity (Wildman–Crippen MR) is 61.4 cm³/mol. The molecule has 0 atom stereocenters. The maximum atomic E-state index is 9.41. The lowest BCUT2D eigenvalue weighted by Gasteiger charge is -2.29. The highest BCUT2D eigenvalue weighted by molar-refractivity contribution is 7.10.